The molecule has 3 N–H and O–H groups in total. The monoisotopic (exact) mass is 303 g/mol. The molecule has 0 heterocycles. The third kappa shape index (κ3) is 4.17. The van der Waals surface area contributed by atoms with Crippen molar-refractivity contribution in [2.24, 2.45) is 17.6 Å². The molecule has 1 fully saturated rings. The molecule has 4 heteroatoms. The second-order valence-electron chi connectivity index (χ2n) is 6.44. The van der Waals surface area contributed by atoms with E-state index in [2.05, 4.69) is 0 Å². The predicted molar refractivity (Wildman–Crippen MR) is 85.9 cm³/mol. The average Bonchev–Trinajstić information content (AvgIpc) is 2.54. The summed E-state index contributed by atoms with van der Waals surface area (Å²) < 4.78 is 0. The molecule has 0 bridgehead atoms. The molecule has 1 saturated carbocycles. The van der Waals surface area contributed by atoms with Gasteiger partial charge in [-0.2, -0.15) is 0 Å². The lowest BCUT2D eigenvalue weighted by atomic mass is 9.78. The minimum atomic E-state index is -0.802. The maximum absolute atomic E-state index is 12.5. The SMILES string of the molecule is CC(CC(=O)O)c1ccc(C(=O)C2CCC(CN)CC2)cc1. The first-order valence-electron chi connectivity index (χ1n) is 8.07. The Morgan fingerprint density at radius 3 is 2.27 bits per heavy atom. The fourth-order valence-electron chi connectivity index (χ4n) is 3.25. The summed E-state index contributed by atoms with van der Waals surface area (Å²) in [4.78, 5) is 23.3. The lowest BCUT2D eigenvalue weighted by Crippen LogP contribution is -2.25. The van der Waals surface area contributed by atoms with Gasteiger partial charge in [-0.25, -0.2) is 0 Å². The van der Waals surface area contributed by atoms with Crippen LogP contribution in [-0.2, 0) is 4.79 Å². The second kappa shape index (κ2) is 7.54. The second-order valence-corrected chi connectivity index (χ2v) is 6.44. The highest BCUT2D eigenvalue weighted by Crippen LogP contribution is 2.31. The van der Waals surface area contributed by atoms with Crippen LogP contribution in [0, 0.1) is 11.8 Å². The van der Waals surface area contributed by atoms with E-state index in [0.717, 1.165) is 43.4 Å². The van der Waals surface area contributed by atoms with Gasteiger partial charge >= 0.3 is 5.97 Å². The number of benzene rings is 1. The van der Waals surface area contributed by atoms with E-state index in [0.29, 0.717) is 5.92 Å². The Morgan fingerprint density at radius 2 is 1.77 bits per heavy atom. The normalized spacial score (nSPS) is 23.0. The van der Waals surface area contributed by atoms with Crippen molar-refractivity contribution in [2.75, 3.05) is 6.54 Å². The number of hydrogen-bond acceptors (Lipinski definition) is 3. The maximum atomic E-state index is 12.5. The van der Waals surface area contributed by atoms with Crippen molar-refractivity contribution in [1.82, 2.24) is 0 Å². The van der Waals surface area contributed by atoms with E-state index < -0.39 is 5.97 Å². The van der Waals surface area contributed by atoms with E-state index in [9.17, 15) is 9.59 Å². The van der Waals surface area contributed by atoms with Crippen LogP contribution in [0.1, 0.15) is 60.9 Å². The molecule has 0 amide bonds. The smallest absolute Gasteiger partial charge is 0.303 e. The molecule has 1 aromatic rings. The van der Waals surface area contributed by atoms with Crippen LogP contribution < -0.4 is 5.73 Å². The minimum absolute atomic E-state index is 0.0401. The largest absolute Gasteiger partial charge is 0.481 e. The van der Waals surface area contributed by atoms with Crippen LogP contribution in [0.4, 0.5) is 0 Å². The molecule has 0 aliphatic heterocycles. The first-order chi connectivity index (χ1) is 10.5. The Kier molecular flexibility index (Phi) is 5.72. The number of carboxylic acid groups (broad SMARTS) is 1. The van der Waals surface area contributed by atoms with Crippen molar-refractivity contribution in [1.29, 1.82) is 0 Å². The standard InChI is InChI=1S/C18H25NO3/c1-12(10-17(20)21)14-6-8-16(9-7-14)18(22)15-4-2-13(11-19)3-5-15/h6-9,12-13,15H,2-5,10-11,19H2,1H3,(H,20,21). The molecule has 1 unspecified atom stereocenters. The van der Waals surface area contributed by atoms with Gasteiger partial charge in [0.1, 0.15) is 0 Å². The van der Waals surface area contributed by atoms with Crippen LogP contribution in [0.15, 0.2) is 24.3 Å². The Balaban J connectivity index is 1.98. The number of Topliss-reactive ketones (excluding diaryl/α,β-unsaturated/α-hetero) is 1. The molecule has 1 aromatic carbocycles. The van der Waals surface area contributed by atoms with Crippen molar-refractivity contribution in [3.8, 4) is 0 Å². The number of aliphatic carboxylic acids is 1. The van der Waals surface area contributed by atoms with Crippen LogP contribution in [0.3, 0.4) is 0 Å². The molecule has 2 rings (SSSR count). The highest BCUT2D eigenvalue weighted by atomic mass is 16.4. The Labute approximate surface area is 131 Å². The zero-order valence-electron chi connectivity index (χ0n) is 13.1. The van der Waals surface area contributed by atoms with Gasteiger partial charge in [0.25, 0.3) is 0 Å². The fraction of sp³-hybridized carbons (Fsp3) is 0.556. The summed E-state index contributed by atoms with van der Waals surface area (Å²) in [5.74, 6) is 0.0623. The van der Waals surface area contributed by atoms with Crippen LogP contribution in [0.2, 0.25) is 0 Å². The summed E-state index contributed by atoms with van der Waals surface area (Å²) in [5.41, 5.74) is 7.39. The van der Waals surface area contributed by atoms with Crippen molar-refractivity contribution < 1.29 is 14.7 Å². The highest BCUT2D eigenvalue weighted by Gasteiger charge is 2.26. The first kappa shape index (κ1) is 16.7. The van der Waals surface area contributed by atoms with E-state index in [-0.39, 0.29) is 24.0 Å². The molecule has 0 radical (unpaired) electrons. The van der Waals surface area contributed by atoms with E-state index in [1.807, 2.05) is 31.2 Å². The van der Waals surface area contributed by atoms with Crippen LogP contribution >= 0.6 is 0 Å². The van der Waals surface area contributed by atoms with Crippen molar-refractivity contribution in [2.45, 2.75) is 44.9 Å². The van der Waals surface area contributed by atoms with Crippen molar-refractivity contribution in [3.05, 3.63) is 35.4 Å². The van der Waals surface area contributed by atoms with Gasteiger partial charge in [-0.3, -0.25) is 9.59 Å². The summed E-state index contributed by atoms with van der Waals surface area (Å²) in [7, 11) is 0. The number of carbonyl (C=O) groups is 2. The third-order valence-corrected chi connectivity index (χ3v) is 4.80. The lowest BCUT2D eigenvalue weighted by molar-refractivity contribution is -0.137. The molecule has 4 nitrogen and oxygen atoms in total. The molecule has 1 aliphatic rings. The number of carbonyl (C=O) groups excluding carboxylic acids is 1. The molecule has 0 saturated heterocycles. The predicted octanol–water partition coefficient (Wildman–Crippen LogP) is 3.21. The van der Waals surface area contributed by atoms with Gasteiger partial charge in [-0.15, -0.1) is 0 Å². The Bertz CT molecular complexity index is 516. The summed E-state index contributed by atoms with van der Waals surface area (Å²) in [6, 6.07) is 7.44. The highest BCUT2D eigenvalue weighted by molar-refractivity contribution is 5.97. The molecule has 120 valence electrons. The van der Waals surface area contributed by atoms with E-state index in [4.69, 9.17) is 10.8 Å². The molecule has 0 aromatic heterocycles. The molecule has 22 heavy (non-hydrogen) atoms. The van der Waals surface area contributed by atoms with Gasteiger partial charge < -0.3 is 10.8 Å². The summed E-state index contributed by atoms with van der Waals surface area (Å²) in [5, 5.41) is 8.84. The summed E-state index contributed by atoms with van der Waals surface area (Å²) in [6.45, 7) is 2.61. The minimum Gasteiger partial charge on any atom is -0.481 e. The Morgan fingerprint density at radius 1 is 1.18 bits per heavy atom. The zero-order chi connectivity index (χ0) is 16.1. The molecular weight excluding hydrogens is 278 g/mol. The number of rotatable bonds is 6. The van der Waals surface area contributed by atoms with Crippen LogP contribution in [0.5, 0.6) is 0 Å². The number of hydrogen-bond donors (Lipinski definition) is 2. The molecule has 1 aliphatic carbocycles. The van der Waals surface area contributed by atoms with Crippen molar-refractivity contribution >= 4 is 11.8 Å². The topological polar surface area (TPSA) is 80.4 Å². The van der Waals surface area contributed by atoms with Gasteiger partial charge in [-0.1, -0.05) is 31.2 Å². The van der Waals surface area contributed by atoms with E-state index in [1.54, 1.807) is 0 Å². The van der Waals surface area contributed by atoms with Gasteiger partial charge in [0.15, 0.2) is 5.78 Å². The third-order valence-electron chi connectivity index (χ3n) is 4.80. The summed E-state index contributed by atoms with van der Waals surface area (Å²) >= 11 is 0. The van der Waals surface area contributed by atoms with Gasteiger partial charge in [-0.05, 0) is 49.6 Å². The quantitative estimate of drug-likeness (QED) is 0.791. The number of carboxylic acids is 1. The average molecular weight is 303 g/mol. The van der Waals surface area contributed by atoms with Gasteiger partial charge in [0.2, 0.25) is 0 Å². The van der Waals surface area contributed by atoms with Gasteiger partial charge in [0.05, 0.1) is 6.42 Å². The molecule has 0 spiro atoms. The lowest BCUT2D eigenvalue weighted by Gasteiger charge is -2.26. The maximum Gasteiger partial charge on any atom is 0.303 e. The molecular formula is C18H25NO3. The summed E-state index contributed by atoms with van der Waals surface area (Å²) in [6.07, 6.45) is 4.05. The number of ketones is 1. The number of nitrogens with two attached hydrogens (primary N) is 1. The Hall–Kier alpha value is -1.68. The van der Waals surface area contributed by atoms with E-state index in [1.165, 1.54) is 0 Å². The van der Waals surface area contributed by atoms with Crippen LogP contribution in [-0.4, -0.2) is 23.4 Å². The first-order valence-corrected chi connectivity index (χ1v) is 8.07. The molecule has 1 atom stereocenters. The fourth-order valence-corrected chi connectivity index (χ4v) is 3.25. The van der Waals surface area contributed by atoms with Gasteiger partial charge in [0, 0.05) is 11.5 Å². The van der Waals surface area contributed by atoms with E-state index >= 15 is 0 Å². The van der Waals surface area contributed by atoms with Crippen LogP contribution in [0.25, 0.3) is 0 Å². The van der Waals surface area contributed by atoms with Crippen molar-refractivity contribution in [3.63, 3.8) is 0 Å². The zero-order valence-corrected chi connectivity index (χ0v) is 13.1.